The molecule has 0 heterocycles. The lowest BCUT2D eigenvalue weighted by atomic mass is 9.98. The normalized spacial score (nSPS) is 12.9. The van der Waals surface area contributed by atoms with Gasteiger partial charge in [0, 0.05) is 0 Å². The van der Waals surface area contributed by atoms with Crippen molar-refractivity contribution in [2.24, 2.45) is 5.73 Å². The van der Waals surface area contributed by atoms with Crippen LogP contribution in [0.2, 0.25) is 0 Å². The summed E-state index contributed by atoms with van der Waals surface area (Å²) in [5, 5.41) is 8.96. The van der Waals surface area contributed by atoms with Gasteiger partial charge in [-0.2, -0.15) is 0 Å². The molecule has 84 valence electrons. The number of aliphatic hydroxyl groups excluding tert-OH is 1. The average Bonchev–Trinajstić information content (AvgIpc) is 2.26. The maximum absolute atomic E-state index is 8.96. The summed E-state index contributed by atoms with van der Waals surface area (Å²) >= 11 is 0. The van der Waals surface area contributed by atoms with Gasteiger partial charge in [0.25, 0.3) is 0 Å². The molecule has 0 aliphatic carbocycles. The first-order valence-corrected chi connectivity index (χ1v) is 5.14. The van der Waals surface area contributed by atoms with Gasteiger partial charge in [0.1, 0.15) is 5.75 Å². The molecule has 0 radical (unpaired) electrons. The zero-order valence-electron chi connectivity index (χ0n) is 9.53. The van der Waals surface area contributed by atoms with E-state index in [9.17, 15) is 0 Å². The Labute approximate surface area is 90.9 Å². The highest BCUT2D eigenvalue weighted by Gasteiger charge is 2.11. The van der Waals surface area contributed by atoms with Crippen LogP contribution in [-0.4, -0.2) is 18.8 Å². The Morgan fingerprint density at radius 1 is 1.40 bits per heavy atom. The molecule has 1 atom stereocenters. The monoisotopic (exact) mass is 209 g/mol. The molecule has 3 heteroatoms. The van der Waals surface area contributed by atoms with Crippen LogP contribution in [0.5, 0.6) is 5.75 Å². The van der Waals surface area contributed by atoms with E-state index in [1.807, 2.05) is 18.2 Å². The summed E-state index contributed by atoms with van der Waals surface area (Å²) in [6.07, 6.45) is 0. The van der Waals surface area contributed by atoms with E-state index in [1.165, 1.54) is 0 Å². The predicted octanol–water partition coefficient (Wildman–Crippen LogP) is 1.81. The van der Waals surface area contributed by atoms with E-state index in [0.717, 1.165) is 16.9 Å². The van der Waals surface area contributed by atoms with Crippen LogP contribution in [0.3, 0.4) is 0 Å². The third-order valence-corrected chi connectivity index (χ3v) is 2.50. The topological polar surface area (TPSA) is 55.5 Å². The van der Waals surface area contributed by atoms with Crippen molar-refractivity contribution < 1.29 is 9.84 Å². The zero-order chi connectivity index (χ0) is 11.4. The van der Waals surface area contributed by atoms with Crippen molar-refractivity contribution in [1.82, 2.24) is 0 Å². The molecule has 0 amide bonds. The van der Waals surface area contributed by atoms with Gasteiger partial charge in [-0.05, 0) is 23.1 Å². The van der Waals surface area contributed by atoms with Gasteiger partial charge >= 0.3 is 0 Å². The Kier molecular flexibility index (Phi) is 4.12. The van der Waals surface area contributed by atoms with Crippen molar-refractivity contribution in [2.75, 3.05) is 13.7 Å². The summed E-state index contributed by atoms with van der Waals surface area (Å²) in [4.78, 5) is 0. The number of hydrogen-bond donors (Lipinski definition) is 2. The molecule has 15 heavy (non-hydrogen) atoms. The lowest BCUT2D eigenvalue weighted by Crippen LogP contribution is -2.14. The van der Waals surface area contributed by atoms with Gasteiger partial charge in [0.05, 0.1) is 19.8 Å². The molecule has 1 aromatic carbocycles. The molecule has 1 rings (SSSR count). The Morgan fingerprint density at radius 3 is 2.53 bits per heavy atom. The van der Waals surface area contributed by atoms with Crippen LogP contribution in [-0.2, 0) is 0 Å². The molecule has 0 bridgehead atoms. The average molecular weight is 209 g/mol. The summed E-state index contributed by atoms with van der Waals surface area (Å²) in [5.74, 6) is 1.26. The molecule has 0 aliphatic rings. The SMILES string of the molecule is COc1cc(C(N)CO)ccc1C(C)C. The number of benzene rings is 1. The molecule has 1 aromatic rings. The van der Waals surface area contributed by atoms with Crippen molar-refractivity contribution >= 4 is 0 Å². The van der Waals surface area contributed by atoms with Gasteiger partial charge in [-0.1, -0.05) is 26.0 Å². The summed E-state index contributed by atoms with van der Waals surface area (Å²) in [5.41, 5.74) is 7.80. The molecule has 0 saturated carbocycles. The first-order chi connectivity index (χ1) is 7.10. The third kappa shape index (κ3) is 2.70. The second-order valence-corrected chi connectivity index (χ2v) is 3.95. The molecule has 1 unspecified atom stereocenters. The van der Waals surface area contributed by atoms with E-state index in [-0.39, 0.29) is 12.6 Å². The van der Waals surface area contributed by atoms with Gasteiger partial charge in [0.2, 0.25) is 0 Å². The molecule has 0 aliphatic heterocycles. The lowest BCUT2D eigenvalue weighted by Gasteiger charge is -2.15. The largest absolute Gasteiger partial charge is 0.496 e. The van der Waals surface area contributed by atoms with E-state index in [0.29, 0.717) is 5.92 Å². The van der Waals surface area contributed by atoms with Crippen LogP contribution >= 0.6 is 0 Å². The quantitative estimate of drug-likeness (QED) is 0.795. The van der Waals surface area contributed by atoms with E-state index in [4.69, 9.17) is 15.6 Å². The van der Waals surface area contributed by atoms with E-state index in [1.54, 1.807) is 7.11 Å². The number of hydrogen-bond acceptors (Lipinski definition) is 3. The highest BCUT2D eigenvalue weighted by atomic mass is 16.5. The number of nitrogens with two attached hydrogens (primary N) is 1. The van der Waals surface area contributed by atoms with Crippen LogP contribution < -0.4 is 10.5 Å². The van der Waals surface area contributed by atoms with Crippen LogP contribution in [0.1, 0.15) is 36.9 Å². The van der Waals surface area contributed by atoms with Crippen LogP contribution in [0.4, 0.5) is 0 Å². The van der Waals surface area contributed by atoms with Crippen molar-refractivity contribution in [3.63, 3.8) is 0 Å². The minimum absolute atomic E-state index is 0.0514. The van der Waals surface area contributed by atoms with Crippen molar-refractivity contribution in [3.8, 4) is 5.75 Å². The van der Waals surface area contributed by atoms with E-state index in [2.05, 4.69) is 13.8 Å². The molecule has 0 aromatic heterocycles. The summed E-state index contributed by atoms with van der Waals surface area (Å²) in [7, 11) is 1.65. The molecule has 3 N–H and O–H groups in total. The van der Waals surface area contributed by atoms with Gasteiger partial charge in [0.15, 0.2) is 0 Å². The summed E-state index contributed by atoms with van der Waals surface area (Å²) < 4.78 is 5.30. The molecule has 0 spiro atoms. The lowest BCUT2D eigenvalue weighted by molar-refractivity contribution is 0.267. The first-order valence-electron chi connectivity index (χ1n) is 5.14. The second-order valence-electron chi connectivity index (χ2n) is 3.95. The highest BCUT2D eigenvalue weighted by molar-refractivity contribution is 5.40. The van der Waals surface area contributed by atoms with E-state index >= 15 is 0 Å². The fourth-order valence-corrected chi connectivity index (χ4v) is 1.54. The van der Waals surface area contributed by atoms with Gasteiger partial charge in [-0.3, -0.25) is 0 Å². The van der Waals surface area contributed by atoms with Crippen LogP contribution in [0.15, 0.2) is 18.2 Å². The fourth-order valence-electron chi connectivity index (χ4n) is 1.54. The number of rotatable bonds is 4. The van der Waals surface area contributed by atoms with Crippen LogP contribution in [0.25, 0.3) is 0 Å². The number of aliphatic hydroxyl groups is 1. The number of ether oxygens (including phenoxy) is 1. The molecule has 0 saturated heterocycles. The zero-order valence-corrected chi connectivity index (χ0v) is 9.53. The van der Waals surface area contributed by atoms with Crippen molar-refractivity contribution in [2.45, 2.75) is 25.8 Å². The molecular weight excluding hydrogens is 190 g/mol. The first kappa shape index (κ1) is 12.0. The number of methoxy groups -OCH3 is 1. The van der Waals surface area contributed by atoms with Crippen LogP contribution in [0, 0.1) is 0 Å². The molecular formula is C12H19NO2. The Bertz CT molecular complexity index is 323. The van der Waals surface area contributed by atoms with Crippen molar-refractivity contribution in [1.29, 1.82) is 0 Å². The molecule has 3 nitrogen and oxygen atoms in total. The fraction of sp³-hybridized carbons (Fsp3) is 0.500. The second kappa shape index (κ2) is 5.14. The van der Waals surface area contributed by atoms with Gasteiger partial charge < -0.3 is 15.6 Å². The van der Waals surface area contributed by atoms with Gasteiger partial charge in [-0.15, -0.1) is 0 Å². The Hall–Kier alpha value is -1.06. The maximum Gasteiger partial charge on any atom is 0.122 e. The smallest absolute Gasteiger partial charge is 0.122 e. The summed E-state index contributed by atoms with van der Waals surface area (Å²) in [6.45, 7) is 4.18. The van der Waals surface area contributed by atoms with Crippen molar-refractivity contribution in [3.05, 3.63) is 29.3 Å². The minimum atomic E-state index is -0.333. The minimum Gasteiger partial charge on any atom is -0.496 e. The predicted molar refractivity (Wildman–Crippen MR) is 61.1 cm³/mol. The maximum atomic E-state index is 8.96. The third-order valence-electron chi connectivity index (χ3n) is 2.50. The van der Waals surface area contributed by atoms with Gasteiger partial charge in [-0.25, -0.2) is 0 Å². The Morgan fingerprint density at radius 2 is 2.07 bits per heavy atom. The summed E-state index contributed by atoms with van der Waals surface area (Å²) in [6, 6.07) is 5.52. The van der Waals surface area contributed by atoms with E-state index < -0.39 is 0 Å². The Balaban J connectivity index is 3.07. The molecule has 0 fully saturated rings. The highest BCUT2D eigenvalue weighted by Crippen LogP contribution is 2.28. The standard InChI is InChI=1S/C12H19NO2/c1-8(2)10-5-4-9(11(13)7-14)6-12(10)15-3/h4-6,8,11,14H,7,13H2,1-3H3.